The molecule has 0 spiro atoms. The minimum atomic E-state index is -0.529. The highest BCUT2D eigenvalue weighted by Crippen LogP contribution is 2.02. The van der Waals surface area contributed by atoms with E-state index in [-0.39, 0.29) is 4.48 Å². The van der Waals surface area contributed by atoms with Gasteiger partial charge in [-0.05, 0) is 28.1 Å². The van der Waals surface area contributed by atoms with Crippen LogP contribution < -0.4 is 5.32 Å². The van der Waals surface area contributed by atoms with Crippen molar-refractivity contribution in [1.29, 1.82) is 0 Å². The number of carbonyl (C=O) groups excluding carboxylic acids is 2. The summed E-state index contributed by atoms with van der Waals surface area (Å²) in [6.07, 6.45) is 0. The van der Waals surface area contributed by atoms with Crippen molar-refractivity contribution in [3.05, 3.63) is 47.0 Å². The Bertz CT molecular complexity index is 373. The molecule has 0 saturated heterocycles. The highest BCUT2D eigenvalue weighted by atomic mass is 79.9. The summed E-state index contributed by atoms with van der Waals surface area (Å²) >= 11 is 2.88. The Morgan fingerprint density at radius 2 is 1.79 bits per heavy atom. The fraction of sp³-hybridized carbons (Fsp3) is 0. The lowest BCUT2D eigenvalue weighted by Gasteiger charge is -2.01. The van der Waals surface area contributed by atoms with Crippen molar-refractivity contribution in [1.82, 2.24) is 5.32 Å². The predicted molar refractivity (Wildman–Crippen MR) is 57.0 cm³/mol. The first-order valence-corrected chi connectivity index (χ1v) is 4.65. The van der Waals surface area contributed by atoms with E-state index in [1.165, 1.54) is 0 Å². The second kappa shape index (κ2) is 4.72. The Morgan fingerprint density at radius 3 is 2.29 bits per heavy atom. The van der Waals surface area contributed by atoms with Gasteiger partial charge in [-0.25, -0.2) is 0 Å². The second-order valence-corrected chi connectivity index (χ2v) is 3.51. The molecule has 0 bridgehead atoms. The summed E-state index contributed by atoms with van der Waals surface area (Å²) < 4.78 is 0.127. The highest BCUT2D eigenvalue weighted by molar-refractivity contribution is 9.12. The van der Waals surface area contributed by atoms with E-state index in [9.17, 15) is 9.59 Å². The summed E-state index contributed by atoms with van der Waals surface area (Å²) in [7, 11) is 0. The number of hydrogen-bond acceptors (Lipinski definition) is 2. The summed E-state index contributed by atoms with van der Waals surface area (Å²) in [6.45, 7) is 3.35. The third-order valence-corrected chi connectivity index (χ3v) is 1.87. The molecule has 0 fully saturated rings. The van der Waals surface area contributed by atoms with Gasteiger partial charge < -0.3 is 0 Å². The molecule has 0 aromatic heterocycles. The molecule has 0 aliphatic carbocycles. The van der Waals surface area contributed by atoms with E-state index >= 15 is 0 Å². The van der Waals surface area contributed by atoms with Gasteiger partial charge in [-0.2, -0.15) is 0 Å². The van der Waals surface area contributed by atoms with E-state index in [0.717, 1.165) is 0 Å². The molecule has 0 unspecified atom stereocenters. The zero-order valence-corrected chi connectivity index (χ0v) is 8.87. The average molecular weight is 254 g/mol. The van der Waals surface area contributed by atoms with Crippen molar-refractivity contribution in [3.8, 4) is 0 Å². The largest absolute Gasteiger partial charge is 0.288 e. The summed E-state index contributed by atoms with van der Waals surface area (Å²) in [4.78, 5) is 22.4. The molecular formula is C10H8BrNO2. The van der Waals surface area contributed by atoms with Crippen molar-refractivity contribution in [2.45, 2.75) is 0 Å². The molecule has 3 nitrogen and oxygen atoms in total. The van der Waals surface area contributed by atoms with E-state index in [2.05, 4.69) is 27.8 Å². The van der Waals surface area contributed by atoms with Gasteiger partial charge in [0.25, 0.3) is 11.8 Å². The number of rotatable bonds is 2. The van der Waals surface area contributed by atoms with Crippen molar-refractivity contribution in [2.24, 2.45) is 0 Å². The van der Waals surface area contributed by atoms with Gasteiger partial charge in [0, 0.05) is 5.56 Å². The van der Waals surface area contributed by atoms with Gasteiger partial charge in [-0.1, -0.05) is 24.8 Å². The summed E-state index contributed by atoms with van der Waals surface area (Å²) in [5.74, 6) is -0.963. The van der Waals surface area contributed by atoms with Crippen LogP contribution in [0.4, 0.5) is 0 Å². The van der Waals surface area contributed by atoms with Crippen molar-refractivity contribution < 1.29 is 9.59 Å². The number of imide groups is 1. The number of hydrogen-bond donors (Lipinski definition) is 1. The molecule has 2 amide bonds. The molecule has 72 valence electrons. The third kappa shape index (κ3) is 2.81. The van der Waals surface area contributed by atoms with Crippen LogP contribution in [0.1, 0.15) is 10.4 Å². The number of amides is 2. The highest BCUT2D eigenvalue weighted by Gasteiger charge is 2.10. The molecule has 4 heteroatoms. The number of nitrogens with one attached hydrogen (secondary N) is 1. The van der Waals surface area contributed by atoms with Gasteiger partial charge in [-0.3, -0.25) is 14.9 Å². The van der Waals surface area contributed by atoms with E-state index in [1.807, 2.05) is 0 Å². The third-order valence-electron chi connectivity index (χ3n) is 1.51. The lowest BCUT2D eigenvalue weighted by molar-refractivity contribution is -0.115. The van der Waals surface area contributed by atoms with Gasteiger partial charge in [0.05, 0.1) is 4.48 Å². The Kier molecular flexibility index (Phi) is 3.59. The Labute approximate surface area is 89.9 Å². The second-order valence-electron chi connectivity index (χ2n) is 2.55. The standard InChI is InChI=1S/C10H8BrNO2/c1-7(11)9(13)12-10(14)8-5-3-2-4-6-8/h2-6H,1H2,(H,12,13,14). The summed E-state index contributed by atoms with van der Waals surface area (Å²) in [6, 6.07) is 8.49. The molecule has 1 aromatic rings. The average Bonchev–Trinajstić information content (AvgIpc) is 2.19. The predicted octanol–water partition coefficient (Wildman–Crippen LogP) is 1.85. The van der Waals surface area contributed by atoms with E-state index < -0.39 is 11.8 Å². The molecule has 1 N–H and O–H groups in total. The monoisotopic (exact) mass is 253 g/mol. The minimum absolute atomic E-state index is 0.127. The summed E-state index contributed by atoms with van der Waals surface area (Å²) in [5.41, 5.74) is 0.439. The topological polar surface area (TPSA) is 46.2 Å². The van der Waals surface area contributed by atoms with Crippen LogP contribution in [0.2, 0.25) is 0 Å². The Balaban J connectivity index is 2.69. The SMILES string of the molecule is C=C(Br)C(=O)NC(=O)c1ccccc1. The molecule has 0 saturated carbocycles. The maximum atomic E-state index is 11.4. The molecule has 0 aliphatic heterocycles. The minimum Gasteiger partial charge on any atom is -0.288 e. The molecule has 0 radical (unpaired) electrons. The van der Waals surface area contributed by atoms with E-state index in [1.54, 1.807) is 30.3 Å². The fourth-order valence-electron chi connectivity index (χ4n) is 0.833. The first kappa shape index (κ1) is 10.7. The van der Waals surface area contributed by atoms with Crippen LogP contribution in [-0.2, 0) is 4.79 Å². The maximum Gasteiger partial charge on any atom is 0.264 e. The van der Waals surface area contributed by atoms with Gasteiger partial charge in [0.1, 0.15) is 0 Å². The van der Waals surface area contributed by atoms with E-state index in [4.69, 9.17) is 0 Å². The number of benzene rings is 1. The first-order chi connectivity index (χ1) is 6.61. The maximum absolute atomic E-state index is 11.4. The van der Waals surface area contributed by atoms with Crippen molar-refractivity contribution in [3.63, 3.8) is 0 Å². The van der Waals surface area contributed by atoms with Crippen LogP contribution in [-0.4, -0.2) is 11.8 Å². The normalized spacial score (nSPS) is 9.21. The van der Waals surface area contributed by atoms with Crippen LogP contribution in [0.5, 0.6) is 0 Å². The van der Waals surface area contributed by atoms with Crippen LogP contribution in [0.15, 0.2) is 41.4 Å². The Hall–Kier alpha value is -1.42. The fourth-order valence-corrected chi connectivity index (χ4v) is 0.932. The molecule has 0 heterocycles. The van der Waals surface area contributed by atoms with Crippen LogP contribution in [0, 0.1) is 0 Å². The lowest BCUT2D eigenvalue weighted by atomic mass is 10.2. The van der Waals surface area contributed by atoms with Gasteiger partial charge >= 0.3 is 0 Å². The molecule has 0 aliphatic rings. The van der Waals surface area contributed by atoms with E-state index in [0.29, 0.717) is 5.56 Å². The first-order valence-electron chi connectivity index (χ1n) is 3.86. The van der Waals surface area contributed by atoms with Gasteiger partial charge in [0.15, 0.2) is 0 Å². The quantitative estimate of drug-likeness (QED) is 0.818. The molecular weight excluding hydrogens is 246 g/mol. The Morgan fingerprint density at radius 1 is 1.21 bits per heavy atom. The molecule has 1 rings (SSSR count). The van der Waals surface area contributed by atoms with Crippen LogP contribution in [0.25, 0.3) is 0 Å². The van der Waals surface area contributed by atoms with Gasteiger partial charge in [0.2, 0.25) is 0 Å². The molecule has 0 atom stereocenters. The van der Waals surface area contributed by atoms with Gasteiger partial charge in [-0.15, -0.1) is 0 Å². The zero-order valence-electron chi connectivity index (χ0n) is 7.29. The molecule has 14 heavy (non-hydrogen) atoms. The van der Waals surface area contributed by atoms with Crippen molar-refractivity contribution in [2.75, 3.05) is 0 Å². The molecule has 1 aromatic carbocycles. The zero-order chi connectivity index (χ0) is 10.6. The lowest BCUT2D eigenvalue weighted by Crippen LogP contribution is -2.30. The van der Waals surface area contributed by atoms with Crippen molar-refractivity contribution >= 4 is 27.7 Å². The van der Waals surface area contributed by atoms with Crippen LogP contribution in [0.3, 0.4) is 0 Å². The number of halogens is 1. The smallest absolute Gasteiger partial charge is 0.264 e. The number of carbonyl (C=O) groups is 2. The summed E-state index contributed by atoms with van der Waals surface area (Å²) in [5, 5.41) is 2.17. The van der Waals surface area contributed by atoms with Crippen LogP contribution >= 0.6 is 15.9 Å².